The zero-order chi connectivity index (χ0) is 13.9. The first-order valence-corrected chi connectivity index (χ1v) is 8.38. The molecule has 4 nitrogen and oxygen atoms in total. The Morgan fingerprint density at radius 3 is 2.42 bits per heavy atom. The van der Waals surface area contributed by atoms with Crippen molar-refractivity contribution in [3.8, 4) is 0 Å². The van der Waals surface area contributed by atoms with E-state index >= 15 is 0 Å². The summed E-state index contributed by atoms with van der Waals surface area (Å²) in [6.45, 7) is 7.55. The van der Waals surface area contributed by atoms with Crippen LogP contribution in [0.5, 0.6) is 0 Å². The number of nitrogens with zero attached hydrogens (tertiary/aromatic N) is 2. The van der Waals surface area contributed by atoms with Gasteiger partial charge in [0.05, 0.1) is 5.75 Å². The topological polar surface area (TPSA) is 40.6 Å². The summed E-state index contributed by atoms with van der Waals surface area (Å²) in [6, 6.07) is 8.48. The lowest BCUT2D eigenvalue weighted by Gasteiger charge is -2.33. The van der Waals surface area contributed by atoms with Crippen LogP contribution in [0.15, 0.2) is 24.3 Å². The lowest BCUT2D eigenvalue weighted by Crippen LogP contribution is -2.48. The van der Waals surface area contributed by atoms with E-state index in [-0.39, 0.29) is 5.75 Å². The van der Waals surface area contributed by atoms with Crippen LogP contribution in [-0.4, -0.2) is 49.6 Å². The highest BCUT2D eigenvalue weighted by Crippen LogP contribution is 2.12. The van der Waals surface area contributed by atoms with Gasteiger partial charge in [0.15, 0.2) is 0 Å². The van der Waals surface area contributed by atoms with Gasteiger partial charge >= 0.3 is 0 Å². The minimum absolute atomic E-state index is 0.199. The van der Waals surface area contributed by atoms with Crippen LogP contribution in [0.4, 0.5) is 0 Å². The van der Waals surface area contributed by atoms with E-state index in [1.54, 1.807) is 11.2 Å². The van der Waals surface area contributed by atoms with Crippen molar-refractivity contribution in [1.82, 2.24) is 9.21 Å². The molecule has 0 atom stereocenters. The smallest absolute Gasteiger partial charge is 0.213 e. The van der Waals surface area contributed by atoms with E-state index in [0.717, 1.165) is 19.6 Å². The summed E-state index contributed by atoms with van der Waals surface area (Å²) in [7, 11) is -3.02. The third-order valence-electron chi connectivity index (χ3n) is 3.58. The first-order valence-electron chi connectivity index (χ1n) is 6.77. The summed E-state index contributed by atoms with van der Waals surface area (Å²) >= 11 is 0. The fraction of sp³-hybridized carbons (Fsp3) is 0.571. The second-order valence-electron chi connectivity index (χ2n) is 5.06. The molecular formula is C14H22N2O2S. The first kappa shape index (κ1) is 14.5. The van der Waals surface area contributed by atoms with Gasteiger partial charge in [0.2, 0.25) is 10.0 Å². The van der Waals surface area contributed by atoms with Crippen molar-refractivity contribution in [2.45, 2.75) is 20.4 Å². The molecule has 106 valence electrons. The molecule has 0 spiro atoms. The molecule has 0 amide bonds. The van der Waals surface area contributed by atoms with Gasteiger partial charge in [-0.25, -0.2) is 8.42 Å². The van der Waals surface area contributed by atoms with Crippen LogP contribution in [0, 0.1) is 6.92 Å². The molecule has 2 rings (SSSR count). The SMILES string of the molecule is CCS(=O)(=O)N1CCN(Cc2cccc(C)c2)CC1. The number of benzene rings is 1. The molecule has 0 bridgehead atoms. The first-order chi connectivity index (χ1) is 9.01. The molecule has 1 aromatic rings. The second kappa shape index (κ2) is 6.03. The van der Waals surface area contributed by atoms with Crippen molar-refractivity contribution in [2.24, 2.45) is 0 Å². The van der Waals surface area contributed by atoms with Gasteiger partial charge in [-0.1, -0.05) is 29.8 Å². The summed E-state index contributed by atoms with van der Waals surface area (Å²) in [6.07, 6.45) is 0. The number of piperazine rings is 1. The van der Waals surface area contributed by atoms with Crippen molar-refractivity contribution < 1.29 is 8.42 Å². The van der Waals surface area contributed by atoms with Crippen LogP contribution < -0.4 is 0 Å². The highest BCUT2D eigenvalue weighted by molar-refractivity contribution is 7.89. The Balaban J connectivity index is 1.91. The molecule has 1 aromatic carbocycles. The van der Waals surface area contributed by atoms with E-state index in [2.05, 4.69) is 36.1 Å². The van der Waals surface area contributed by atoms with Crippen LogP contribution in [0.2, 0.25) is 0 Å². The van der Waals surface area contributed by atoms with Crippen molar-refractivity contribution in [3.05, 3.63) is 35.4 Å². The Morgan fingerprint density at radius 1 is 1.16 bits per heavy atom. The van der Waals surface area contributed by atoms with Crippen LogP contribution >= 0.6 is 0 Å². The average Bonchev–Trinajstić information content (AvgIpc) is 2.39. The zero-order valence-electron chi connectivity index (χ0n) is 11.7. The van der Waals surface area contributed by atoms with Gasteiger partial charge in [0.25, 0.3) is 0 Å². The zero-order valence-corrected chi connectivity index (χ0v) is 12.5. The third kappa shape index (κ3) is 3.78. The fourth-order valence-electron chi connectivity index (χ4n) is 2.42. The minimum Gasteiger partial charge on any atom is -0.296 e. The monoisotopic (exact) mass is 282 g/mol. The molecule has 0 unspecified atom stereocenters. The summed E-state index contributed by atoms with van der Waals surface area (Å²) in [5.41, 5.74) is 2.57. The maximum atomic E-state index is 11.8. The standard InChI is InChI=1S/C14H22N2O2S/c1-3-19(17,18)16-9-7-15(8-10-16)12-14-6-4-5-13(2)11-14/h4-6,11H,3,7-10,12H2,1-2H3. The van der Waals surface area contributed by atoms with Crippen molar-refractivity contribution >= 4 is 10.0 Å². The Kier molecular flexibility index (Phi) is 4.60. The maximum absolute atomic E-state index is 11.8. The van der Waals surface area contributed by atoms with Gasteiger partial charge in [0.1, 0.15) is 0 Å². The number of hydrogen-bond acceptors (Lipinski definition) is 3. The molecule has 0 aliphatic carbocycles. The highest BCUT2D eigenvalue weighted by Gasteiger charge is 2.25. The molecule has 0 saturated carbocycles. The van der Waals surface area contributed by atoms with Crippen LogP contribution in [0.1, 0.15) is 18.1 Å². The molecule has 1 heterocycles. The van der Waals surface area contributed by atoms with Crippen molar-refractivity contribution in [2.75, 3.05) is 31.9 Å². The number of aryl methyl sites for hydroxylation is 1. The van der Waals surface area contributed by atoms with Crippen molar-refractivity contribution in [3.63, 3.8) is 0 Å². The number of rotatable bonds is 4. The quantitative estimate of drug-likeness (QED) is 0.839. The van der Waals surface area contributed by atoms with E-state index in [4.69, 9.17) is 0 Å². The Hall–Kier alpha value is -0.910. The lowest BCUT2D eigenvalue weighted by molar-refractivity contribution is 0.181. The predicted molar refractivity (Wildman–Crippen MR) is 77.5 cm³/mol. The van der Waals surface area contributed by atoms with E-state index in [0.29, 0.717) is 13.1 Å². The summed E-state index contributed by atoms with van der Waals surface area (Å²) in [4.78, 5) is 2.32. The van der Waals surface area contributed by atoms with E-state index < -0.39 is 10.0 Å². The second-order valence-corrected chi connectivity index (χ2v) is 7.32. The molecule has 0 radical (unpaired) electrons. The molecule has 0 N–H and O–H groups in total. The van der Waals surface area contributed by atoms with Gasteiger partial charge in [-0.3, -0.25) is 4.90 Å². The predicted octanol–water partition coefficient (Wildman–Crippen LogP) is 1.46. The molecule has 1 aliphatic rings. The lowest BCUT2D eigenvalue weighted by atomic mass is 10.1. The molecular weight excluding hydrogens is 260 g/mol. The van der Waals surface area contributed by atoms with Gasteiger partial charge in [0, 0.05) is 32.7 Å². The normalized spacial score (nSPS) is 18.6. The van der Waals surface area contributed by atoms with Gasteiger partial charge in [-0.15, -0.1) is 0 Å². The van der Waals surface area contributed by atoms with Crippen LogP contribution in [-0.2, 0) is 16.6 Å². The molecule has 5 heteroatoms. The Labute approximate surface area is 116 Å². The summed E-state index contributed by atoms with van der Waals surface area (Å²) < 4.78 is 25.2. The van der Waals surface area contributed by atoms with Crippen molar-refractivity contribution in [1.29, 1.82) is 0 Å². The third-order valence-corrected chi connectivity index (χ3v) is 5.46. The average molecular weight is 282 g/mol. The summed E-state index contributed by atoms with van der Waals surface area (Å²) in [5.74, 6) is 0.199. The Morgan fingerprint density at radius 2 is 1.84 bits per heavy atom. The minimum atomic E-state index is -3.02. The van der Waals surface area contributed by atoms with Crippen LogP contribution in [0.25, 0.3) is 0 Å². The fourth-order valence-corrected chi connectivity index (χ4v) is 3.50. The Bertz CT molecular complexity index is 520. The molecule has 1 saturated heterocycles. The van der Waals surface area contributed by atoms with Gasteiger partial charge in [-0.05, 0) is 19.4 Å². The van der Waals surface area contributed by atoms with Crippen LogP contribution in [0.3, 0.4) is 0 Å². The molecule has 1 fully saturated rings. The van der Waals surface area contributed by atoms with E-state index in [1.807, 2.05) is 0 Å². The highest BCUT2D eigenvalue weighted by atomic mass is 32.2. The maximum Gasteiger partial charge on any atom is 0.213 e. The number of sulfonamides is 1. The van der Waals surface area contributed by atoms with Gasteiger partial charge < -0.3 is 0 Å². The largest absolute Gasteiger partial charge is 0.296 e. The van der Waals surface area contributed by atoms with E-state index in [1.165, 1.54) is 11.1 Å². The molecule has 19 heavy (non-hydrogen) atoms. The van der Waals surface area contributed by atoms with E-state index in [9.17, 15) is 8.42 Å². The van der Waals surface area contributed by atoms with Gasteiger partial charge in [-0.2, -0.15) is 4.31 Å². The molecule has 1 aliphatic heterocycles. The number of hydrogen-bond donors (Lipinski definition) is 0. The summed E-state index contributed by atoms with van der Waals surface area (Å²) in [5, 5.41) is 0. The molecule has 0 aromatic heterocycles.